The number of halogens is 3. The molecular formula is C21H19F3N4O. The Balaban J connectivity index is 1.52. The Kier molecular flexibility index (Phi) is 3.78. The van der Waals surface area contributed by atoms with E-state index in [-0.39, 0.29) is 30.6 Å². The summed E-state index contributed by atoms with van der Waals surface area (Å²) in [7, 11) is 0. The first-order valence-corrected chi connectivity index (χ1v) is 9.62. The minimum absolute atomic E-state index is 0.0380. The van der Waals surface area contributed by atoms with Crippen molar-refractivity contribution in [2.45, 2.75) is 50.2 Å². The molecule has 150 valence electrons. The van der Waals surface area contributed by atoms with Gasteiger partial charge in [-0.3, -0.25) is 9.20 Å². The smallest absolute Gasteiger partial charge is 0.349 e. The summed E-state index contributed by atoms with van der Waals surface area (Å²) in [6, 6.07) is 9.20. The summed E-state index contributed by atoms with van der Waals surface area (Å²) in [5.74, 6) is -0.165. The molecule has 0 saturated heterocycles. The van der Waals surface area contributed by atoms with Crippen LogP contribution in [0.4, 0.5) is 13.2 Å². The molecule has 1 aromatic carbocycles. The zero-order valence-electron chi connectivity index (χ0n) is 15.8. The molecular weight excluding hydrogens is 381 g/mol. The van der Waals surface area contributed by atoms with Crippen molar-refractivity contribution < 1.29 is 18.0 Å². The van der Waals surface area contributed by atoms with Crippen LogP contribution in [0.25, 0.3) is 16.8 Å². The van der Waals surface area contributed by atoms with Gasteiger partial charge in [0.05, 0.1) is 0 Å². The number of aryl methyl sites for hydroxylation is 1. The molecule has 1 N–H and O–H groups in total. The number of aromatic nitrogens is 3. The van der Waals surface area contributed by atoms with Crippen molar-refractivity contribution in [3.05, 3.63) is 53.5 Å². The Bertz CT molecular complexity index is 1130. The fourth-order valence-electron chi connectivity index (χ4n) is 3.71. The van der Waals surface area contributed by atoms with E-state index >= 15 is 0 Å². The van der Waals surface area contributed by atoms with Gasteiger partial charge in [-0.2, -0.15) is 13.2 Å². The van der Waals surface area contributed by atoms with Gasteiger partial charge in [0.15, 0.2) is 11.5 Å². The Labute approximate surface area is 164 Å². The Morgan fingerprint density at radius 2 is 1.93 bits per heavy atom. The summed E-state index contributed by atoms with van der Waals surface area (Å²) < 4.78 is 41.9. The first kappa shape index (κ1) is 18.1. The summed E-state index contributed by atoms with van der Waals surface area (Å²) >= 11 is 0. The van der Waals surface area contributed by atoms with Crippen molar-refractivity contribution in [3.8, 4) is 11.1 Å². The highest BCUT2D eigenvalue weighted by atomic mass is 19.4. The molecule has 0 bridgehead atoms. The highest BCUT2D eigenvalue weighted by molar-refractivity contribution is 5.96. The number of pyridine rings is 1. The van der Waals surface area contributed by atoms with E-state index < -0.39 is 11.6 Å². The lowest BCUT2D eigenvalue weighted by Crippen LogP contribution is -2.30. The minimum Gasteiger partial charge on any atom is -0.349 e. The van der Waals surface area contributed by atoms with Crippen LogP contribution in [0.3, 0.4) is 0 Å². The molecule has 0 spiro atoms. The normalized spacial score (nSPS) is 18.1. The van der Waals surface area contributed by atoms with Gasteiger partial charge < -0.3 is 5.32 Å². The summed E-state index contributed by atoms with van der Waals surface area (Å²) in [6.07, 6.45) is -0.658. The van der Waals surface area contributed by atoms with Crippen LogP contribution in [-0.4, -0.2) is 32.7 Å². The van der Waals surface area contributed by atoms with Gasteiger partial charge in [0.2, 0.25) is 0 Å². The molecule has 0 unspecified atom stereocenters. The van der Waals surface area contributed by atoms with Gasteiger partial charge in [-0.25, -0.2) is 0 Å². The molecule has 5 rings (SSSR count). The SMILES string of the molecule is Cc1ccc(C(=O)NC2CC2)cc1-c1ccn2c(C3(C(F)(F)F)CC3)nnc2c1. The molecule has 0 aliphatic heterocycles. The quantitative estimate of drug-likeness (QED) is 0.714. The zero-order valence-corrected chi connectivity index (χ0v) is 15.8. The van der Waals surface area contributed by atoms with Crippen molar-refractivity contribution >= 4 is 11.6 Å². The lowest BCUT2D eigenvalue weighted by atomic mass is 9.98. The number of fused-ring (bicyclic) bond motifs is 1. The maximum Gasteiger partial charge on any atom is 0.401 e. The number of hydrogen-bond donors (Lipinski definition) is 1. The van der Waals surface area contributed by atoms with E-state index in [2.05, 4.69) is 15.5 Å². The molecule has 2 heterocycles. The van der Waals surface area contributed by atoms with E-state index in [0.29, 0.717) is 11.2 Å². The van der Waals surface area contributed by atoms with E-state index in [1.807, 2.05) is 19.1 Å². The summed E-state index contributed by atoms with van der Waals surface area (Å²) in [6.45, 7) is 1.93. The van der Waals surface area contributed by atoms with Crippen molar-refractivity contribution in [1.29, 1.82) is 0 Å². The molecule has 2 saturated carbocycles. The van der Waals surface area contributed by atoms with Gasteiger partial charge in [0.1, 0.15) is 5.41 Å². The van der Waals surface area contributed by atoms with Gasteiger partial charge in [-0.15, -0.1) is 10.2 Å². The van der Waals surface area contributed by atoms with Crippen LogP contribution in [0.2, 0.25) is 0 Å². The Morgan fingerprint density at radius 1 is 1.17 bits per heavy atom. The first-order valence-electron chi connectivity index (χ1n) is 9.62. The predicted octanol–water partition coefficient (Wildman–Crippen LogP) is 4.19. The second kappa shape index (κ2) is 6.05. The summed E-state index contributed by atoms with van der Waals surface area (Å²) in [4.78, 5) is 12.4. The van der Waals surface area contributed by atoms with Crippen molar-refractivity contribution in [2.24, 2.45) is 0 Å². The average Bonchev–Trinajstić information content (AvgIpc) is 3.60. The number of benzene rings is 1. The summed E-state index contributed by atoms with van der Waals surface area (Å²) in [5.41, 5.74) is 1.63. The maximum atomic E-state index is 13.5. The van der Waals surface area contributed by atoms with E-state index in [4.69, 9.17) is 0 Å². The standard InChI is InChI=1S/C21H19F3N4O/c1-12-2-3-14(18(29)25-15-4-5-15)10-16(12)13-6-9-28-17(11-13)26-27-19(28)20(7-8-20)21(22,23)24/h2-3,6,9-11,15H,4-5,7-8H2,1H3,(H,25,29). The molecule has 2 fully saturated rings. The summed E-state index contributed by atoms with van der Waals surface area (Å²) in [5, 5.41) is 10.8. The number of carbonyl (C=O) groups is 1. The van der Waals surface area contributed by atoms with Gasteiger partial charge in [0, 0.05) is 17.8 Å². The van der Waals surface area contributed by atoms with Gasteiger partial charge in [0.25, 0.3) is 5.91 Å². The number of carbonyl (C=O) groups excluding carboxylic acids is 1. The molecule has 29 heavy (non-hydrogen) atoms. The predicted molar refractivity (Wildman–Crippen MR) is 101 cm³/mol. The monoisotopic (exact) mass is 400 g/mol. The van der Waals surface area contributed by atoms with Crippen LogP contribution in [-0.2, 0) is 5.41 Å². The maximum absolute atomic E-state index is 13.5. The van der Waals surface area contributed by atoms with Crippen LogP contribution in [0.5, 0.6) is 0 Å². The molecule has 3 aromatic rings. The van der Waals surface area contributed by atoms with Crippen LogP contribution < -0.4 is 5.32 Å². The largest absolute Gasteiger partial charge is 0.401 e. The number of rotatable bonds is 4. The van der Waals surface area contributed by atoms with E-state index in [1.165, 1.54) is 4.40 Å². The van der Waals surface area contributed by atoms with E-state index in [9.17, 15) is 18.0 Å². The molecule has 2 aromatic heterocycles. The highest BCUT2D eigenvalue weighted by Crippen LogP contribution is 2.58. The lowest BCUT2D eigenvalue weighted by molar-refractivity contribution is -0.162. The van der Waals surface area contributed by atoms with Crippen molar-refractivity contribution in [1.82, 2.24) is 19.9 Å². The number of amides is 1. The fourth-order valence-corrected chi connectivity index (χ4v) is 3.71. The third kappa shape index (κ3) is 2.97. The molecule has 8 heteroatoms. The third-order valence-corrected chi connectivity index (χ3v) is 5.85. The molecule has 0 radical (unpaired) electrons. The van der Waals surface area contributed by atoms with Crippen LogP contribution in [0, 0.1) is 6.92 Å². The minimum atomic E-state index is -4.34. The number of nitrogens with one attached hydrogen (secondary N) is 1. The van der Waals surface area contributed by atoms with E-state index in [1.54, 1.807) is 24.4 Å². The Morgan fingerprint density at radius 3 is 2.59 bits per heavy atom. The second-order valence-corrected chi connectivity index (χ2v) is 8.02. The first-order chi connectivity index (χ1) is 13.8. The average molecular weight is 400 g/mol. The van der Waals surface area contributed by atoms with Crippen LogP contribution >= 0.6 is 0 Å². The second-order valence-electron chi connectivity index (χ2n) is 8.02. The van der Waals surface area contributed by atoms with Crippen LogP contribution in [0.15, 0.2) is 36.5 Å². The molecule has 1 amide bonds. The number of nitrogens with zero attached hydrogens (tertiary/aromatic N) is 3. The molecule has 0 atom stereocenters. The molecule has 2 aliphatic rings. The topological polar surface area (TPSA) is 59.3 Å². The lowest BCUT2D eigenvalue weighted by Gasteiger charge is -2.17. The molecule has 5 nitrogen and oxygen atoms in total. The number of alkyl halides is 3. The highest BCUT2D eigenvalue weighted by Gasteiger charge is 2.67. The van der Waals surface area contributed by atoms with Gasteiger partial charge in [-0.05, 0) is 73.6 Å². The number of hydrogen-bond acceptors (Lipinski definition) is 3. The van der Waals surface area contributed by atoms with Crippen LogP contribution in [0.1, 0.15) is 47.4 Å². The fraction of sp³-hybridized carbons (Fsp3) is 0.381. The Hall–Kier alpha value is -2.90. The zero-order chi connectivity index (χ0) is 20.4. The molecule has 2 aliphatic carbocycles. The third-order valence-electron chi connectivity index (χ3n) is 5.85. The van der Waals surface area contributed by atoms with E-state index in [0.717, 1.165) is 29.5 Å². The van der Waals surface area contributed by atoms with Crippen molar-refractivity contribution in [2.75, 3.05) is 0 Å². The van der Waals surface area contributed by atoms with Gasteiger partial charge in [-0.1, -0.05) is 6.07 Å². The van der Waals surface area contributed by atoms with Gasteiger partial charge >= 0.3 is 6.18 Å². The van der Waals surface area contributed by atoms with Crippen molar-refractivity contribution in [3.63, 3.8) is 0 Å².